The number of amides is 2. The van der Waals surface area contributed by atoms with Crippen molar-refractivity contribution in [3.63, 3.8) is 0 Å². The molecular formula is C18H17F3N2O2. The Labute approximate surface area is 142 Å². The highest BCUT2D eigenvalue weighted by atomic mass is 19.4. The van der Waals surface area contributed by atoms with Gasteiger partial charge in [-0.05, 0) is 28.8 Å². The van der Waals surface area contributed by atoms with E-state index in [0.717, 1.165) is 23.3 Å². The highest BCUT2D eigenvalue weighted by Gasteiger charge is 2.32. The van der Waals surface area contributed by atoms with Crippen LogP contribution in [0.3, 0.4) is 0 Å². The monoisotopic (exact) mass is 350 g/mol. The van der Waals surface area contributed by atoms with Crippen molar-refractivity contribution in [2.75, 3.05) is 0 Å². The number of hydrogen-bond acceptors (Lipinski definition) is 2. The highest BCUT2D eigenvalue weighted by molar-refractivity contribution is 5.74. The van der Waals surface area contributed by atoms with Crippen LogP contribution in [0.5, 0.6) is 0 Å². The molecule has 132 valence electrons. The molecule has 2 amide bonds. The van der Waals surface area contributed by atoms with E-state index < -0.39 is 29.9 Å². The number of alkyl halides is 3. The summed E-state index contributed by atoms with van der Waals surface area (Å²) in [4.78, 5) is 12.1. The van der Waals surface area contributed by atoms with E-state index in [1.165, 1.54) is 12.1 Å². The standard InChI is InChI=1S/C18H17F3N2O2/c19-18(20,21)13-6-3-4-11(8-13)10-22-17(25)23-16-14-7-2-1-5-12(14)9-15(16)24/h1-8,15-16,24H,9-10H2,(H2,22,23,25). The third kappa shape index (κ3) is 3.93. The molecule has 1 aliphatic carbocycles. The average Bonchev–Trinajstić information content (AvgIpc) is 2.88. The number of halogens is 3. The van der Waals surface area contributed by atoms with Crippen molar-refractivity contribution in [3.05, 3.63) is 70.8 Å². The van der Waals surface area contributed by atoms with Crippen LogP contribution < -0.4 is 10.6 Å². The maximum atomic E-state index is 12.7. The van der Waals surface area contributed by atoms with Gasteiger partial charge in [0.1, 0.15) is 0 Å². The van der Waals surface area contributed by atoms with E-state index in [9.17, 15) is 23.1 Å². The number of benzene rings is 2. The largest absolute Gasteiger partial charge is 0.416 e. The first kappa shape index (κ1) is 17.3. The van der Waals surface area contributed by atoms with Gasteiger partial charge in [-0.15, -0.1) is 0 Å². The van der Waals surface area contributed by atoms with Gasteiger partial charge >= 0.3 is 12.2 Å². The first-order valence-electron chi connectivity index (χ1n) is 7.81. The molecule has 3 rings (SSSR count). The molecule has 1 aliphatic rings. The SMILES string of the molecule is O=C(NCc1cccc(C(F)(F)F)c1)NC1c2ccccc2CC1O. The van der Waals surface area contributed by atoms with Crippen LogP contribution in [0.1, 0.15) is 28.3 Å². The number of aliphatic hydroxyl groups is 1. The zero-order valence-corrected chi connectivity index (χ0v) is 13.2. The Balaban J connectivity index is 1.61. The second-order valence-electron chi connectivity index (χ2n) is 5.97. The number of nitrogens with one attached hydrogen (secondary N) is 2. The molecule has 2 unspecified atom stereocenters. The summed E-state index contributed by atoms with van der Waals surface area (Å²) in [5.41, 5.74) is 1.41. The van der Waals surface area contributed by atoms with Gasteiger partial charge in [0.15, 0.2) is 0 Å². The molecule has 7 heteroatoms. The van der Waals surface area contributed by atoms with Gasteiger partial charge in [0.05, 0.1) is 17.7 Å². The minimum Gasteiger partial charge on any atom is -0.390 e. The van der Waals surface area contributed by atoms with Gasteiger partial charge in [-0.2, -0.15) is 13.2 Å². The minimum atomic E-state index is -4.42. The number of carbonyl (C=O) groups excluding carboxylic acids is 1. The molecule has 2 aromatic rings. The zero-order valence-electron chi connectivity index (χ0n) is 13.2. The van der Waals surface area contributed by atoms with Crippen LogP contribution >= 0.6 is 0 Å². The van der Waals surface area contributed by atoms with Crippen molar-refractivity contribution in [2.45, 2.75) is 31.3 Å². The summed E-state index contributed by atoms with van der Waals surface area (Å²) in [5, 5.41) is 15.3. The summed E-state index contributed by atoms with van der Waals surface area (Å²) >= 11 is 0. The van der Waals surface area contributed by atoms with Crippen molar-refractivity contribution in [2.24, 2.45) is 0 Å². The maximum Gasteiger partial charge on any atom is 0.416 e. The van der Waals surface area contributed by atoms with Crippen molar-refractivity contribution in [3.8, 4) is 0 Å². The normalized spacial score (nSPS) is 19.4. The molecule has 25 heavy (non-hydrogen) atoms. The van der Waals surface area contributed by atoms with Crippen LogP contribution in [0.4, 0.5) is 18.0 Å². The van der Waals surface area contributed by atoms with Gasteiger partial charge in [0.25, 0.3) is 0 Å². The number of rotatable bonds is 3. The number of carbonyl (C=O) groups is 1. The lowest BCUT2D eigenvalue weighted by atomic mass is 10.1. The van der Waals surface area contributed by atoms with Crippen molar-refractivity contribution >= 4 is 6.03 Å². The topological polar surface area (TPSA) is 61.4 Å². The second-order valence-corrected chi connectivity index (χ2v) is 5.97. The summed E-state index contributed by atoms with van der Waals surface area (Å²) in [6, 6.07) is 11.1. The molecule has 0 heterocycles. The van der Waals surface area contributed by atoms with E-state index in [4.69, 9.17) is 0 Å². The fourth-order valence-electron chi connectivity index (χ4n) is 2.98. The first-order valence-corrected chi connectivity index (χ1v) is 7.81. The summed E-state index contributed by atoms with van der Waals surface area (Å²) in [7, 11) is 0. The third-order valence-electron chi connectivity index (χ3n) is 4.20. The van der Waals surface area contributed by atoms with E-state index in [2.05, 4.69) is 10.6 Å². The van der Waals surface area contributed by atoms with Gasteiger partial charge in [-0.3, -0.25) is 0 Å². The summed E-state index contributed by atoms with van der Waals surface area (Å²) in [6.45, 7) is -0.0415. The maximum absolute atomic E-state index is 12.7. The molecule has 0 saturated carbocycles. The molecule has 0 bridgehead atoms. The molecule has 2 aromatic carbocycles. The Bertz CT molecular complexity index is 777. The predicted molar refractivity (Wildman–Crippen MR) is 85.7 cm³/mol. The van der Waals surface area contributed by atoms with Gasteiger partial charge in [-0.1, -0.05) is 36.4 Å². The van der Waals surface area contributed by atoms with E-state index in [1.807, 2.05) is 24.3 Å². The van der Waals surface area contributed by atoms with Gasteiger partial charge in [-0.25, -0.2) is 4.79 Å². The fraction of sp³-hybridized carbons (Fsp3) is 0.278. The summed E-state index contributed by atoms with van der Waals surface area (Å²) in [6.07, 6.45) is -4.69. The number of urea groups is 1. The van der Waals surface area contributed by atoms with Crippen LogP contribution in [0, 0.1) is 0 Å². The van der Waals surface area contributed by atoms with Crippen LogP contribution in [0.15, 0.2) is 48.5 Å². The number of hydrogen-bond donors (Lipinski definition) is 3. The second kappa shape index (κ2) is 6.76. The Morgan fingerprint density at radius 2 is 1.92 bits per heavy atom. The van der Waals surface area contributed by atoms with E-state index in [-0.39, 0.29) is 6.54 Å². The van der Waals surface area contributed by atoms with Gasteiger partial charge in [0.2, 0.25) is 0 Å². The van der Waals surface area contributed by atoms with Crippen LogP contribution in [0.2, 0.25) is 0 Å². The molecule has 0 aliphatic heterocycles. The lowest BCUT2D eigenvalue weighted by molar-refractivity contribution is -0.137. The molecule has 0 spiro atoms. The number of fused-ring (bicyclic) bond motifs is 1. The zero-order chi connectivity index (χ0) is 18.0. The highest BCUT2D eigenvalue weighted by Crippen LogP contribution is 2.31. The van der Waals surface area contributed by atoms with Crippen LogP contribution in [-0.2, 0) is 19.1 Å². The van der Waals surface area contributed by atoms with E-state index in [1.54, 1.807) is 0 Å². The molecular weight excluding hydrogens is 333 g/mol. The first-order chi connectivity index (χ1) is 11.8. The van der Waals surface area contributed by atoms with Gasteiger partial charge < -0.3 is 15.7 Å². The Kier molecular flexibility index (Phi) is 4.67. The molecule has 0 radical (unpaired) electrons. The van der Waals surface area contributed by atoms with Crippen LogP contribution in [0.25, 0.3) is 0 Å². The van der Waals surface area contributed by atoms with Crippen molar-refractivity contribution in [1.29, 1.82) is 0 Å². The summed E-state index contributed by atoms with van der Waals surface area (Å²) in [5.74, 6) is 0. The number of aliphatic hydroxyl groups excluding tert-OH is 1. The van der Waals surface area contributed by atoms with Gasteiger partial charge in [0, 0.05) is 13.0 Å². The Morgan fingerprint density at radius 1 is 1.16 bits per heavy atom. The van der Waals surface area contributed by atoms with Crippen LogP contribution in [-0.4, -0.2) is 17.2 Å². The summed E-state index contributed by atoms with van der Waals surface area (Å²) < 4.78 is 38.1. The Hall–Kier alpha value is -2.54. The average molecular weight is 350 g/mol. The smallest absolute Gasteiger partial charge is 0.390 e. The van der Waals surface area contributed by atoms with E-state index >= 15 is 0 Å². The fourth-order valence-corrected chi connectivity index (χ4v) is 2.98. The molecule has 0 fully saturated rings. The molecule has 0 saturated heterocycles. The lowest BCUT2D eigenvalue weighted by Crippen LogP contribution is -2.40. The van der Waals surface area contributed by atoms with E-state index in [0.29, 0.717) is 12.0 Å². The molecule has 4 nitrogen and oxygen atoms in total. The third-order valence-corrected chi connectivity index (χ3v) is 4.20. The molecule has 2 atom stereocenters. The molecule has 0 aromatic heterocycles. The lowest BCUT2D eigenvalue weighted by Gasteiger charge is -2.18. The quantitative estimate of drug-likeness (QED) is 0.796. The van der Waals surface area contributed by atoms with Crippen molar-refractivity contribution in [1.82, 2.24) is 10.6 Å². The van der Waals surface area contributed by atoms with Crippen molar-refractivity contribution < 1.29 is 23.1 Å². The predicted octanol–water partition coefficient (Wildman–Crippen LogP) is 3.16. The molecule has 3 N–H and O–H groups in total. The minimum absolute atomic E-state index is 0.0415. The Morgan fingerprint density at radius 3 is 2.68 bits per heavy atom.